The fourth-order valence-electron chi connectivity index (χ4n) is 2.56. The zero-order chi connectivity index (χ0) is 12.9. The van der Waals surface area contributed by atoms with Gasteiger partial charge in [0.15, 0.2) is 5.41 Å². The van der Waals surface area contributed by atoms with Crippen molar-refractivity contribution in [2.45, 2.75) is 46.5 Å². The minimum Gasteiger partial charge on any atom is -0.465 e. The summed E-state index contributed by atoms with van der Waals surface area (Å²) in [5, 5.41) is 0. The predicted molar refractivity (Wildman–Crippen MR) is 63.3 cm³/mol. The third-order valence-corrected chi connectivity index (χ3v) is 3.58. The molecule has 0 spiro atoms. The summed E-state index contributed by atoms with van der Waals surface area (Å²) in [4.78, 5) is 24.2. The van der Waals surface area contributed by atoms with Crippen molar-refractivity contribution in [3.63, 3.8) is 0 Å². The molecule has 1 unspecified atom stereocenters. The van der Waals surface area contributed by atoms with E-state index in [2.05, 4.69) is 0 Å². The lowest BCUT2D eigenvalue weighted by molar-refractivity contribution is -0.179. The van der Waals surface area contributed by atoms with Crippen LogP contribution < -0.4 is 0 Å². The number of carbonyl (C=O) groups excluding carboxylic acids is 2. The molecule has 0 saturated heterocycles. The Morgan fingerprint density at radius 1 is 1.12 bits per heavy atom. The Labute approximate surface area is 103 Å². The largest absolute Gasteiger partial charge is 0.465 e. The van der Waals surface area contributed by atoms with Crippen LogP contribution in [0.3, 0.4) is 0 Å². The highest BCUT2D eigenvalue weighted by atomic mass is 16.6. The number of esters is 2. The number of hydrogen-bond donors (Lipinski definition) is 0. The van der Waals surface area contributed by atoms with E-state index in [1.807, 2.05) is 6.92 Å². The van der Waals surface area contributed by atoms with Gasteiger partial charge in [0.1, 0.15) is 0 Å². The van der Waals surface area contributed by atoms with Crippen molar-refractivity contribution in [3.8, 4) is 0 Å². The minimum absolute atomic E-state index is 0.00523. The van der Waals surface area contributed by atoms with Gasteiger partial charge >= 0.3 is 11.9 Å². The molecule has 1 saturated carbocycles. The van der Waals surface area contributed by atoms with Gasteiger partial charge in [-0.15, -0.1) is 0 Å². The van der Waals surface area contributed by atoms with Gasteiger partial charge in [-0.3, -0.25) is 9.59 Å². The molecular weight excluding hydrogens is 220 g/mol. The van der Waals surface area contributed by atoms with E-state index < -0.39 is 17.4 Å². The van der Waals surface area contributed by atoms with Gasteiger partial charge in [-0.1, -0.05) is 19.8 Å². The third-order valence-electron chi connectivity index (χ3n) is 3.58. The average Bonchev–Trinajstić information content (AvgIpc) is 2.30. The van der Waals surface area contributed by atoms with Crippen LogP contribution in [0.25, 0.3) is 0 Å². The second-order valence-corrected chi connectivity index (χ2v) is 4.56. The first-order chi connectivity index (χ1) is 8.09. The Morgan fingerprint density at radius 2 is 1.65 bits per heavy atom. The maximum absolute atomic E-state index is 12.1. The quantitative estimate of drug-likeness (QED) is 0.560. The highest BCUT2D eigenvalue weighted by Crippen LogP contribution is 2.43. The summed E-state index contributed by atoms with van der Waals surface area (Å²) in [6.45, 7) is 6.04. The second kappa shape index (κ2) is 6.03. The summed E-state index contributed by atoms with van der Waals surface area (Å²) in [6.07, 6.45) is 3.35. The van der Waals surface area contributed by atoms with Crippen molar-refractivity contribution >= 4 is 11.9 Å². The van der Waals surface area contributed by atoms with Gasteiger partial charge in [-0.05, 0) is 32.6 Å². The summed E-state index contributed by atoms with van der Waals surface area (Å²) in [5.41, 5.74) is -1.07. The van der Waals surface area contributed by atoms with Gasteiger partial charge in [0.05, 0.1) is 13.2 Å². The van der Waals surface area contributed by atoms with E-state index in [1.54, 1.807) is 13.8 Å². The summed E-state index contributed by atoms with van der Waals surface area (Å²) >= 11 is 0. The van der Waals surface area contributed by atoms with Crippen LogP contribution in [-0.4, -0.2) is 25.2 Å². The molecule has 1 atom stereocenters. The molecule has 0 bridgehead atoms. The fourth-order valence-corrected chi connectivity index (χ4v) is 2.56. The first-order valence-corrected chi connectivity index (χ1v) is 6.44. The minimum atomic E-state index is -1.07. The van der Waals surface area contributed by atoms with Crippen LogP contribution in [-0.2, 0) is 19.1 Å². The van der Waals surface area contributed by atoms with Gasteiger partial charge in [0.2, 0.25) is 0 Å². The lowest BCUT2D eigenvalue weighted by atomic mass is 9.67. The third kappa shape index (κ3) is 2.61. The van der Waals surface area contributed by atoms with Gasteiger partial charge in [0, 0.05) is 0 Å². The van der Waals surface area contributed by atoms with Gasteiger partial charge < -0.3 is 9.47 Å². The molecule has 17 heavy (non-hydrogen) atoms. The zero-order valence-corrected chi connectivity index (χ0v) is 11.0. The van der Waals surface area contributed by atoms with E-state index in [-0.39, 0.29) is 5.92 Å². The van der Waals surface area contributed by atoms with Crippen LogP contribution in [0.1, 0.15) is 46.5 Å². The molecule has 0 heterocycles. The smallest absolute Gasteiger partial charge is 0.323 e. The maximum Gasteiger partial charge on any atom is 0.323 e. The lowest BCUT2D eigenvalue weighted by Gasteiger charge is -2.37. The summed E-state index contributed by atoms with van der Waals surface area (Å²) in [7, 11) is 0. The first-order valence-electron chi connectivity index (χ1n) is 6.44. The molecule has 0 aliphatic heterocycles. The Bertz CT molecular complexity index is 267. The van der Waals surface area contributed by atoms with E-state index in [1.165, 1.54) is 0 Å². The van der Waals surface area contributed by atoms with Gasteiger partial charge in [-0.2, -0.15) is 0 Å². The maximum atomic E-state index is 12.1. The zero-order valence-electron chi connectivity index (χ0n) is 11.0. The number of rotatable bonds is 4. The molecule has 0 N–H and O–H groups in total. The van der Waals surface area contributed by atoms with E-state index in [9.17, 15) is 9.59 Å². The molecule has 0 aromatic carbocycles. The Balaban J connectivity index is 2.97. The van der Waals surface area contributed by atoms with E-state index in [4.69, 9.17) is 9.47 Å². The normalized spacial score (nSPS) is 22.9. The van der Waals surface area contributed by atoms with E-state index in [0.29, 0.717) is 19.6 Å². The number of carbonyl (C=O) groups is 2. The number of ether oxygens (including phenoxy) is 2. The summed E-state index contributed by atoms with van der Waals surface area (Å²) in [5.74, 6) is -0.828. The van der Waals surface area contributed by atoms with Crippen molar-refractivity contribution in [1.29, 1.82) is 0 Å². The topological polar surface area (TPSA) is 52.6 Å². The Kier molecular flexibility index (Phi) is 4.97. The molecule has 0 aromatic rings. The van der Waals surface area contributed by atoms with Crippen molar-refractivity contribution < 1.29 is 19.1 Å². The van der Waals surface area contributed by atoms with Crippen molar-refractivity contribution in [3.05, 3.63) is 0 Å². The molecule has 0 aromatic heterocycles. The Morgan fingerprint density at radius 3 is 2.06 bits per heavy atom. The van der Waals surface area contributed by atoms with Crippen molar-refractivity contribution in [2.24, 2.45) is 11.3 Å². The van der Waals surface area contributed by atoms with Crippen LogP contribution in [0.4, 0.5) is 0 Å². The molecule has 1 fully saturated rings. The Hall–Kier alpha value is -1.06. The average molecular weight is 242 g/mol. The second-order valence-electron chi connectivity index (χ2n) is 4.56. The lowest BCUT2D eigenvalue weighted by Crippen LogP contribution is -2.48. The molecular formula is C13H22O4. The molecule has 0 radical (unpaired) electrons. The van der Waals surface area contributed by atoms with Gasteiger partial charge in [-0.25, -0.2) is 0 Å². The summed E-state index contributed by atoms with van der Waals surface area (Å²) in [6, 6.07) is 0. The summed E-state index contributed by atoms with van der Waals surface area (Å²) < 4.78 is 10.2. The molecule has 1 aliphatic rings. The first kappa shape index (κ1) is 14.0. The van der Waals surface area contributed by atoms with Crippen molar-refractivity contribution in [2.75, 3.05) is 13.2 Å². The fraction of sp³-hybridized carbons (Fsp3) is 0.846. The van der Waals surface area contributed by atoms with Crippen LogP contribution in [0.5, 0.6) is 0 Å². The molecule has 4 nitrogen and oxygen atoms in total. The highest BCUT2D eigenvalue weighted by molar-refractivity contribution is 6.00. The molecule has 4 heteroatoms. The number of hydrogen-bond acceptors (Lipinski definition) is 4. The van der Waals surface area contributed by atoms with E-state index >= 15 is 0 Å². The molecule has 1 rings (SSSR count). The van der Waals surface area contributed by atoms with Crippen LogP contribution >= 0.6 is 0 Å². The van der Waals surface area contributed by atoms with Gasteiger partial charge in [0.25, 0.3) is 0 Å². The van der Waals surface area contributed by atoms with Crippen LogP contribution in [0.2, 0.25) is 0 Å². The molecule has 0 amide bonds. The highest BCUT2D eigenvalue weighted by Gasteiger charge is 2.53. The molecule has 98 valence electrons. The SMILES string of the molecule is CCOC(=O)C1(C(=O)OCC)CCCCC1C. The standard InChI is InChI=1S/C13H22O4/c1-4-16-11(14)13(12(15)17-5-2)9-7-6-8-10(13)3/h10H,4-9H2,1-3H3. The van der Waals surface area contributed by atoms with Crippen molar-refractivity contribution in [1.82, 2.24) is 0 Å². The van der Waals surface area contributed by atoms with Crippen LogP contribution in [0.15, 0.2) is 0 Å². The van der Waals surface area contributed by atoms with Crippen LogP contribution in [0, 0.1) is 11.3 Å². The van der Waals surface area contributed by atoms with E-state index in [0.717, 1.165) is 19.3 Å². The molecule has 1 aliphatic carbocycles. The predicted octanol–water partition coefficient (Wildman–Crippen LogP) is 2.31. The monoisotopic (exact) mass is 242 g/mol.